The normalized spacial score (nSPS) is 9.87. The molecular formula is C11H9N3O. The quantitative estimate of drug-likeness (QED) is 0.798. The fraction of sp³-hybridized carbons (Fsp3) is 0.0909. The van der Waals surface area contributed by atoms with E-state index < -0.39 is 0 Å². The van der Waals surface area contributed by atoms with E-state index in [-0.39, 0.29) is 0 Å². The van der Waals surface area contributed by atoms with Crippen LogP contribution in [-0.4, -0.2) is 4.98 Å². The van der Waals surface area contributed by atoms with E-state index in [9.17, 15) is 0 Å². The van der Waals surface area contributed by atoms with Crippen LogP contribution in [0.5, 0.6) is 0 Å². The Balaban J connectivity index is 2.33. The summed E-state index contributed by atoms with van der Waals surface area (Å²) in [6.45, 7) is 0.361. The molecule has 2 N–H and O–H groups in total. The van der Waals surface area contributed by atoms with Crippen LogP contribution in [0.1, 0.15) is 11.3 Å². The van der Waals surface area contributed by atoms with Gasteiger partial charge in [-0.1, -0.05) is 0 Å². The van der Waals surface area contributed by atoms with Crippen LogP contribution in [-0.2, 0) is 6.54 Å². The molecule has 1 aromatic heterocycles. The maximum absolute atomic E-state index is 8.64. The van der Waals surface area contributed by atoms with Crippen LogP contribution in [0.25, 0.3) is 11.5 Å². The SMILES string of the molecule is N#Cc1ccc(-c2nc(CN)co2)cc1. The van der Waals surface area contributed by atoms with Gasteiger partial charge in [-0.2, -0.15) is 5.26 Å². The van der Waals surface area contributed by atoms with Crippen molar-refractivity contribution in [2.24, 2.45) is 5.73 Å². The summed E-state index contributed by atoms with van der Waals surface area (Å²) in [6.07, 6.45) is 1.54. The molecule has 0 atom stereocenters. The number of aromatic nitrogens is 1. The summed E-state index contributed by atoms with van der Waals surface area (Å²) >= 11 is 0. The predicted octanol–water partition coefficient (Wildman–Crippen LogP) is 1.67. The summed E-state index contributed by atoms with van der Waals surface area (Å²) in [7, 11) is 0. The van der Waals surface area contributed by atoms with E-state index in [2.05, 4.69) is 11.1 Å². The standard InChI is InChI=1S/C11H9N3O/c12-5-8-1-3-9(4-2-8)11-14-10(6-13)7-15-11/h1-4,7H,6,13H2. The molecule has 0 radical (unpaired) electrons. The lowest BCUT2D eigenvalue weighted by molar-refractivity contribution is 0.572. The molecule has 74 valence electrons. The van der Waals surface area contributed by atoms with Crippen LogP contribution in [0.4, 0.5) is 0 Å². The third kappa shape index (κ3) is 1.87. The highest BCUT2D eigenvalue weighted by Gasteiger charge is 2.05. The van der Waals surface area contributed by atoms with E-state index in [1.807, 2.05) is 0 Å². The van der Waals surface area contributed by atoms with Crippen LogP contribution < -0.4 is 5.73 Å². The Kier molecular flexibility index (Phi) is 2.48. The zero-order valence-electron chi connectivity index (χ0n) is 7.97. The lowest BCUT2D eigenvalue weighted by atomic mass is 10.1. The van der Waals surface area contributed by atoms with Crippen molar-refractivity contribution in [1.29, 1.82) is 5.26 Å². The lowest BCUT2D eigenvalue weighted by Crippen LogP contribution is -1.95. The van der Waals surface area contributed by atoms with Crippen molar-refractivity contribution >= 4 is 0 Å². The summed E-state index contributed by atoms with van der Waals surface area (Å²) in [6, 6.07) is 9.09. The summed E-state index contributed by atoms with van der Waals surface area (Å²) in [5.74, 6) is 0.528. The van der Waals surface area contributed by atoms with Crippen LogP contribution in [0.2, 0.25) is 0 Å². The van der Waals surface area contributed by atoms with Crippen LogP contribution in [0, 0.1) is 11.3 Å². The molecule has 0 amide bonds. The first-order valence-corrected chi connectivity index (χ1v) is 4.48. The molecule has 0 saturated heterocycles. The first kappa shape index (κ1) is 9.44. The van der Waals surface area contributed by atoms with E-state index in [0.29, 0.717) is 23.7 Å². The number of nitriles is 1. The second kappa shape index (κ2) is 3.95. The van der Waals surface area contributed by atoms with Gasteiger partial charge in [0.25, 0.3) is 0 Å². The van der Waals surface area contributed by atoms with E-state index in [0.717, 1.165) is 5.56 Å². The molecule has 0 spiro atoms. The maximum Gasteiger partial charge on any atom is 0.226 e. The largest absolute Gasteiger partial charge is 0.444 e. The topological polar surface area (TPSA) is 75.8 Å². The molecule has 0 bridgehead atoms. The third-order valence-corrected chi connectivity index (χ3v) is 2.02. The van der Waals surface area contributed by atoms with Gasteiger partial charge in [-0.3, -0.25) is 0 Å². The van der Waals surface area contributed by atoms with Gasteiger partial charge in [0.2, 0.25) is 5.89 Å². The fourth-order valence-corrected chi connectivity index (χ4v) is 1.22. The van der Waals surface area contributed by atoms with Gasteiger partial charge in [-0.25, -0.2) is 4.98 Å². The average molecular weight is 199 g/mol. The van der Waals surface area contributed by atoms with Gasteiger partial charge in [-0.15, -0.1) is 0 Å². The van der Waals surface area contributed by atoms with Crippen LogP contribution in [0.15, 0.2) is 34.9 Å². The summed E-state index contributed by atoms with van der Waals surface area (Å²) < 4.78 is 5.24. The van der Waals surface area contributed by atoms with Gasteiger partial charge in [0.15, 0.2) is 0 Å². The first-order chi connectivity index (χ1) is 7.33. The Labute approximate surface area is 87.0 Å². The van der Waals surface area contributed by atoms with Crippen molar-refractivity contribution in [3.05, 3.63) is 41.8 Å². The minimum absolute atomic E-state index is 0.361. The van der Waals surface area contributed by atoms with Gasteiger partial charge in [0.05, 0.1) is 17.3 Å². The predicted molar refractivity (Wildman–Crippen MR) is 54.5 cm³/mol. The molecule has 0 aliphatic rings. The van der Waals surface area contributed by atoms with Crippen molar-refractivity contribution < 1.29 is 4.42 Å². The smallest absolute Gasteiger partial charge is 0.226 e. The van der Waals surface area contributed by atoms with Gasteiger partial charge in [0, 0.05) is 12.1 Å². The Bertz CT molecular complexity index is 493. The number of benzene rings is 1. The summed E-state index contributed by atoms with van der Waals surface area (Å²) in [4.78, 5) is 4.18. The van der Waals surface area contributed by atoms with Crippen molar-refractivity contribution in [1.82, 2.24) is 4.98 Å². The summed E-state index contributed by atoms with van der Waals surface area (Å²) in [5, 5.41) is 8.64. The van der Waals surface area contributed by atoms with E-state index in [4.69, 9.17) is 15.4 Å². The van der Waals surface area contributed by atoms with Gasteiger partial charge in [-0.05, 0) is 24.3 Å². The molecular weight excluding hydrogens is 190 g/mol. The number of nitrogens with zero attached hydrogens (tertiary/aromatic N) is 2. The lowest BCUT2D eigenvalue weighted by Gasteiger charge is -1.94. The first-order valence-electron chi connectivity index (χ1n) is 4.48. The Morgan fingerprint density at radius 1 is 1.33 bits per heavy atom. The molecule has 0 saturated carbocycles. The number of nitrogens with two attached hydrogens (primary N) is 1. The number of rotatable bonds is 2. The Morgan fingerprint density at radius 3 is 2.60 bits per heavy atom. The highest BCUT2D eigenvalue weighted by atomic mass is 16.3. The van der Waals surface area contributed by atoms with E-state index in [1.165, 1.54) is 6.26 Å². The van der Waals surface area contributed by atoms with Crippen LogP contribution in [0.3, 0.4) is 0 Å². The van der Waals surface area contributed by atoms with E-state index in [1.54, 1.807) is 24.3 Å². The van der Waals surface area contributed by atoms with Crippen molar-refractivity contribution in [3.63, 3.8) is 0 Å². The third-order valence-electron chi connectivity index (χ3n) is 2.02. The van der Waals surface area contributed by atoms with Gasteiger partial charge in [0.1, 0.15) is 6.26 Å². The molecule has 0 unspecified atom stereocenters. The molecule has 0 fully saturated rings. The van der Waals surface area contributed by atoms with Crippen LogP contribution >= 0.6 is 0 Å². The monoisotopic (exact) mass is 199 g/mol. The minimum Gasteiger partial charge on any atom is -0.444 e. The second-order valence-corrected chi connectivity index (χ2v) is 3.04. The Morgan fingerprint density at radius 2 is 2.07 bits per heavy atom. The molecule has 1 aromatic carbocycles. The number of oxazole rings is 1. The minimum atomic E-state index is 0.361. The highest BCUT2D eigenvalue weighted by Crippen LogP contribution is 2.18. The molecule has 0 aliphatic carbocycles. The zero-order chi connectivity index (χ0) is 10.7. The maximum atomic E-state index is 8.64. The molecule has 4 nitrogen and oxygen atoms in total. The number of hydrogen-bond donors (Lipinski definition) is 1. The average Bonchev–Trinajstić information content (AvgIpc) is 2.78. The zero-order valence-corrected chi connectivity index (χ0v) is 7.97. The van der Waals surface area contributed by atoms with Crippen molar-refractivity contribution in [3.8, 4) is 17.5 Å². The number of hydrogen-bond acceptors (Lipinski definition) is 4. The van der Waals surface area contributed by atoms with Crippen molar-refractivity contribution in [2.45, 2.75) is 6.54 Å². The fourth-order valence-electron chi connectivity index (χ4n) is 1.22. The highest BCUT2D eigenvalue weighted by molar-refractivity contribution is 5.54. The molecule has 1 heterocycles. The molecule has 2 rings (SSSR count). The summed E-state index contributed by atoms with van der Waals surface area (Å²) in [5.41, 5.74) is 7.59. The van der Waals surface area contributed by atoms with Crippen molar-refractivity contribution in [2.75, 3.05) is 0 Å². The Hall–Kier alpha value is -2.12. The van der Waals surface area contributed by atoms with E-state index >= 15 is 0 Å². The molecule has 0 aliphatic heterocycles. The molecule has 15 heavy (non-hydrogen) atoms. The molecule has 2 aromatic rings. The van der Waals surface area contributed by atoms with Gasteiger partial charge >= 0.3 is 0 Å². The molecule has 4 heteroatoms. The van der Waals surface area contributed by atoms with Gasteiger partial charge < -0.3 is 10.2 Å². The second-order valence-electron chi connectivity index (χ2n) is 3.04.